The Hall–Kier alpha value is -1.50. The minimum Gasteiger partial charge on any atom is -0.464 e. The van der Waals surface area contributed by atoms with Gasteiger partial charge in [-0.3, -0.25) is 0 Å². The Kier molecular flexibility index (Phi) is 3.34. The summed E-state index contributed by atoms with van der Waals surface area (Å²) in [6.07, 6.45) is 1.73. The Balaban J connectivity index is 2.61. The topological polar surface area (TPSA) is 13.1 Å². The van der Waals surface area contributed by atoms with Gasteiger partial charge >= 0.3 is 0 Å². The number of rotatable bonds is 1. The number of hydrogen-bond acceptors (Lipinski definition) is 1. The van der Waals surface area contributed by atoms with Crippen LogP contribution in [0.3, 0.4) is 0 Å². The summed E-state index contributed by atoms with van der Waals surface area (Å²) in [6, 6.07) is 10.6. The first kappa shape index (κ1) is 13.9. The fourth-order valence-corrected chi connectivity index (χ4v) is 2.41. The van der Waals surface area contributed by atoms with Crippen molar-refractivity contribution in [3.8, 4) is 11.3 Å². The lowest BCUT2D eigenvalue weighted by atomic mass is 9.74. The monoisotopic (exact) mass is 256 g/mol. The first-order valence-corrected chi connectivity index (χ1v) is 6.88. The molecule has 0 spiro atoms. The van der Waals surface area contributed by atoms with Crippen molar-refractivity contribution in [1.82, 2.24) is 0 Å². The second-order valence-corrected chi connectivity index (χ2v) is 7.24. The zero-order chi connectivity index (χ0) is 14.3. The third-order valence-corrected chi connectivity index (χ3v) is 3.44. The highest BCUT2D eigenvalue weighted by Gasteiger charge is 2.25. The lowest BCUT2D eigenvalue weighted by molar-refractivity contribution is 0.529. The van der Waals surface area contributed by atoms with Crippen LogP contribution in [-0.2, 0) is 10.8 Å². The molecule has 0 saturated heterocycles. The molecule has 0 aliphatic heterocycles. The van der Waals surface area contributed by atoms with Gasteiger partial charge < -0.3 is 4.42 Å². The summed E-state index contributed by atoms with van der Waals surface area (Å²) in [5, 5.41) is 0. The quantitative estimate of drug-likeness (QED) is 0.652. The second kappa shape index (κ2) is 4.56. The molecule has 0 unspecified atom stereocenters. The highest BCUT2D eigenvalue weighted by molar-refractivity contribution is 5.61. The van der Waals surface area contributed by atoms with Crippen molar-refractivity contribution in [2.24, 2.45) is 0 Å². The molecule has 0 fully saturated rings. The van der Waals surface area contributed by atoms with Crippen LogP contribution in [0.2, 0.25) is 0 Å². The maximum Gasteiger partial charge on any atom is 0.133 e. The van der Waals surface area contributed by atoms with E-state index in [4.69, 9.17) is 4.42 Å². The smallest absolute Gasteiger partial charge is 0.133 e. The molecule has 0 bridgehead atoms. The van der Waals surface area contributed by atoms with Crippen LogP contribution in [0.4, 0.5) is 0 Å². The molecule has 1 aromatic carbocycles. The van der Waals surface area contributed by atoms with E-state index in [0.29, 0.717) is 0 Å². The van der Waals surface area contributed by atoms with E-state index in [1.807, 2.05) is 12.1 Å². The van der Waals surface area contributed by atoms with Crippen molar-refractivity contribution in [2.75, 3.05) is 0 Å². The van der Waals surface area contributed by atoms with Crippen molar-refractivity contribution in [3.63, 3.8) is 0 Å². The third kappa shape index (κ3) is 2.91. The van der Waals surface area contributed by atoms with Crippen LogP contribution < -0.4 is 0 Å². The zero-order valence-corrected chi connectivity index (χ0v) is 12.9. The minimum absolute atomic E-state index is 0.130. The van der Waals surface area contributed by atoms with Gasteiger partial charge in [0.25, 0.3) is 0 Å². The Morgan fingerprint density at radius 1 is 0.789 bits per heavy atom. The van der Waals surface area contributed by atoms with Gasteiger partial charge in [-0.25, -0.2) is 0 Å². The lowest BCUT2D eigenvalue weighted by Gasteiger charge is -2.30. The van der Waals surface area contributed by atoms with Crippen LogP contribution in [-0.4, -0.2) is 0 Å². The third-order valence-electron chi connectivity index (χ3n) is 3.44. The predicted molar refractivity (Wildman–Crippen MR) is 81.5 cm³/mol. The summed E-state index contributed by atoms with van der Waals surface area (Å²) in [5.41, 5.74) is 4.25. The lowest BCUT2D eigenvalue weighted by Crippen LogP contribution is -2.21. The van der Waals surface area contributed by atoms with E-state index in [1.165, 1.54) is 11.1 Å². The van der Waals surface area contributed by atoms with Gasteiger partial charge in [-0.15, -0.1) is 0 Å². The Bertz CT molecular complexity index is 548. The van der Waals surface area contributed by atoms with Crippen molar-refractivity contribution in [2.45, 2.75) is 52.4 Å². The standard InChI is InChI=1S/C18H24O/c1-17(2,3)14-10-9-13(16-8-7-11-19-16)12-15(14)18(4,5)6/h7-12H,1-6H3. The molecule has 0 aliphatic carbocycles. The molecule has 0 atom stereocenters. The first-order chi connectivity index (χ1) is 8.69. The molecule has 0 amide bonds. The van der Waals surface area contributed by atoms with E-state index in [2.05, 4.69) is 59.7 Å². The van der Waals surface area contributed by atoms with Crippen molar-refractivity contribution in [3.05, 3.63) is 47.7 Å². The molecule has 1 aromatic heterocycles. The number of hydrogen-bond donors (Lipinski definition) is 0. The van der Waals surface area contributed by atoms with E-state index in [9.17, 15) is 0 Å². The largest absolute Gasteiger partial charge is 0.464 e. The number of furan rings is 1. The van der Waals surface area contributed by atoms with Crippen LogP contribution in [0.5, 0.6) is 0 Å². The van der Waals surface area contributed by atoms with Gasteiger partial charge in [0.2, 0.25) is 0 Å². The van der Waals surface area contributed by atoms with E-state index in [-0.39, 0.29) is 10.8 Å². The van der Waals surface area contributed by atoms with E-state index in [0.717, 1.165) is 11.3 Å². The van der Waals surface area contributed by atoms with Crippen LogP contribution in [0.25, 0.3) is 11.3 Å². The van der Waals surface area contributed by atoms with Gasteiger partial charge in [0.15, 0.2) is 0 Å². The van der Waals surface area contributed by atoms with Gasteiger partial charge in [-0.1, -0.05) is 53.7 Å². The maximum atomic E-state index is 5.51. The molecule has 1 heteroatoms. The highest BCUT2D eigenvalue weighted by Crippen LogP contribution is 2.36. The number of benzene rings is 1. The average molecular weight is 256 g/mol. The molecule has 0 aliphatic rings. The van der Waals surface area contributed by atoms with Crippen LogP contribution in [0, 0.1) is 0 Å². The Labute approximate surface area is 116 Å². The van der Waals surface area contributed by atoms with E-state index < -0.39 is 0 Å². The fourth-order valence-electron chi connectivity index (χ4n) is 2.41. The maximum absolute atomic E-state index is 5.51. The SMILES string of the molecule is CC(C)(C)c1ccc(-c2ccco2)cc1C(C)(C)C. The molecule has 2 aromatic rings. The molecule has 0 saturated carbocycles. The molecule has 1 heterocycles. The van der Waals surface area contributed by atoms with Crippen molar-refractivity contribution in [1.29, 1.82) is 0 Å². The summed E-state index contributed by atoms with van der Waals surface area (Å²) < 4.78 is 5.51. The summed E-state index contributed by atoms with van der Waals surface area (Å²) in [5.74, 6) is 0.936. The molecular weight excluding hydrogens is 232 g/mol. The first-order valence-electron chi connectivity index (χ1n) is 6.88. The fraction of sp³-hybridized carbons (Fsp3) is 0.444. The summed E-state index contributed by atoms with van der Waals surface area (Å²) in [7, 11) is 0. The molecule has 0 radical (unpaired) electrons. The van der Waals surface area contributed by atoms with E-state index in [1.54, 1.807) is 6.26 Å². The summed E-state index contributed by atoms with van der Waals surface area (Å²) in [4.78, 5) is 0. The molecule has 0 N–H and O–H groups in total. The summed E-state index contributed by atoms with van der Waals surface area (Å²) >= 11 is 0. The second-order valence-electron chi connectivity index (χ2n) is 7.24. The molecule has 19 heavy (non-hydrogen) atoms. The van der Waals surface area contributed by atoms with E-state index >= 15 is 0 Å². The van der Waals surface area contributed by atoms with Crippen LogP contribution >= 0.6 is 0 Å². The molecular formula is C18H24O. The minimum atomic E-state index is 0.130. The molecule has 2 rings (SSSR count). The van der Waals surface area contributed by atoms with Crippen molar-refractivity contribution < 1.29 is 4.42 Å². The van der Waals surface area contributed by atoms with Crippen molar-refractivity contribution >= 4 is 0 Å². The highest BCUT2D eigenvalue weighted by atomic mass is 16.3. The van der Waals surface area contributed by atoms with Gasteiger partial charge in [-0.05, 0) is 40.2 Å². The van der Waals surface area contributed by atoms with Crippen LogP contribution in [0.1, 0.15) is 52.7 Å². The van der Waals surface area contributed by atoms with Gasteiger partial charge in [0.05, 0.1) is 6.26 Å². The Morgan fingerprint density at radius 2 is 1.42 bits per heavy atom. The Morgan fingerprint density at radius 3 is 1.89 bits per heavy atom. The molecule has 1 nitrogen and oxygen atoms in total. The molecule has 102 valence electrons. The predicted octanol–water partition coefficient (Wildman–Crippen LogP) is 5.54. The van der Waals surface area contributed by atoms with Gasteiger partial charge in [0, 0.05) is 5.56 Å². The van der Waals surface area contributed by atoms with Gasteiger partial charge in [-0.2, -0.15) is 0 Å². The van der Waals surface area contributed by atoms with Gasteiger partial charge in [0.1, 0.15) is 5.76 Å². The summed E-state index contributed by atoms with van der Waals surface area (Å²) in [6.45, 7) is 13.6. The normalized spacial score (nSPS) is 12.7. The average Bonchev–Trinajstić information content (AvgIpc) is 2.79. The van der Waals surface area contributed by atoms with Crippen LogP contribution in [0.15, 0.2) is 41.0 Å². The zero-order valence-electron chi connectivity index (χ0n) is 12.9.